The molecule has 3 aliphatic heterocycles. The average Bonchev–Trinajstić information content (AvgIpc) is 3.10. The highest BCUT2D eigenvalue weighted by molar-refractivity contribution is 6.14. The molecule has 3 amide bonds. The Kier molecular flexibility index (Phi) is 3.00. The van der Waals surface area contributed by atoms with Crippen molar-refractivity contribution in [3.05, 3.63) is 42.5 Å². The molecular formula is C18H20N3O3+. The lowest BCUT2D eigenvalue weighted by atomic mass is 9.76. The summed E-state index contributed by atoms with van der Waals surface area (Å²) < 4.78 is 0. The van der Waals surface area contributed by atoms with Crippen LogP contribution in [0.25, 0.3) is 0 Å². The molecule has 0 unspecified atom stereocenters. The van der Waals surface area contributed by atoms with Crippen LogP contribution < -0.4 is 10.2 Å². The minimum absolute atomic E-state index is 0.126. The number of imide groups is 1. The number of carbonyl (C=O) groups is 3. The number of hydrogen-bond donors (Lipinski definition) is 1. The van der Waals surface area contributed by atoms with E-state index in [-0.39, 0.29) is 23.8 Å². The Labute approximate surface area is 140 Å². The van der Waals surface area contributed by atoms with Gasteiger partial charge in [-0.25, -0.2) is 0 Å². The first-order valence-electron chi connectivity index (χ1n) is 8.15. The maximum atomic E-state index is 13.4. The summed E-state index contributed by atoms with van der Waals surface area (Å²) in [7, 11) is 1.51. The van der Waals surface area contributed by atoms with Gasteiger partial charge in [0.15, 0.2) is 0 Å². The molecule has 0 saturated carbocycles. The SMILES string of the molecule is C=CCN1C(=O)[C@]2([NH2+][C@H](C)[C@H]3C(=O)N(C)C(=O)[C@H]32)c2ccccc21. The summed E-state index contributed by atoms with van der Waals surface area (Å²) in [6.07, 6.45) is 1.68. The first-order chi connectivity index (χ1) is 11.4. The van der Waals surface area contributed by atoms with E-state index in [0.29, 0.717) is 6.54 Å². The smallest absolute Gasteiger partial charge is 0.294 e. The maximum absolute atomic E-state index is 13.4. The van der Waals surface area contributed by atoms with Gasteiger partial charge in [-0.05, 0) is 13.0 Å². The second-order valence-corrected chi connectivity index (χ2v) is 6.86. The van der Waals surface area contributed by atoms with Crippen LogP contribution in [0, 0.1) is 11.8 Å². The number of nitrogens with two attached hydrogens (primary N) is 1. The predicted molar refractivity (Wildman–Crippen MR) is 86.8 cm³/mol. The summed E-state index contributed by atoms with van der Waals surface area (Å²) in [4.78, 5) is 41.6. The Morgan fingerprint density at radius 3 is 2.67 bits per heavy atom. The van der Waals surface area contributed by atoms with Crippen LogP contribution in [0.1, 0.15) is 12.5 Å². The molecule has 3 aliphatic rings. The zero-order valence-electron chi connectivity index (χ0n) is 13.7. The van der Waals surface area contributed by atoms with Crippen molar-refractivity contribution in [2.24, 2.45) is 11.8 Å². The Bertz CT molecular complexity index is 789. The average molecular weight is 326 g/mol. The molecule has 1 spiro atoms. The molecule has 24 heavy (non-hydrogen) atoms. The first kappa shape index (κ1) is 15.1. The molecule has 124 valence electrons. The predicted octanol–water partition coefficient (Wildman–Crippen LogP) is -0.389. The summed E-state index contributed by atoms with van der Waals surface area (Å²) in [5, 5.41) is 1.93. The van der Waals surface area contributed by atoms with Gasteiger partial charge in [0.1, 0.15) is 11.8 Å². The molecule has 6 nitrogen and oxygen atoms in total. The van der Waals surface area contributed by atoms with E-state index in [0.717, 1.165) is 11.3 Å². The Hall–Kier alpha value is -2.47. The van der Waals surface area contributed by atoms with Gasteiger partial charge >= 0.3 is 0 Å². The highest BCUT2D eigenvalue weighted by Crippen LogP contribution is 2.50. The van der Waals surface area contributed by atoms with Crippen molar-refractivity contribution in [1.82, 2.24) is 4.90 Å². The lowest BCUT2D eigenvalue weighted by Gasteiger charge is -2.26. The van der Waals surface area contributed by atoms with Gasteiger partial charge < -0.3 is 10.2 Å². The fraction of sp³-hybridized carbons (Fsp3) is 0.389. The Morgan fingerprint density at radius 2 is 1.96 bits per heavy atom. The molecule has 1 aromatic rings. The van der Waals surface area contributed by atoms with Crippen molar-refractivity contribution in [1.29, 1.82) is 0 Å². The molecule has 1 aromatic carbocycles. The van der Waals surface area contributed by atoms with Crippen molar-refractivity contribution in [3.8, 4) is 0 Å². The van der Waals surface area contributed by atoms with Crippen LogP contribution >= 0.6 is 0 Å². The highest BCUT2D eigenvalue weighted by atomic mass is 16.2. The van der Waals surface area contributed by atoms with Crippen LogP contribution in [0.15, 0.2) is 36.9 Å². The number of para-hydroxylation sites is 1. The van der Waals surface area contributed by atoms with Crippen LogP contribution in [0.2, 0.25) is 0 Å². The number of nitrogens with zero attached hydrogens (tertiary/aromatic N) is 2. The van der Waals surface area contributed by atoms with E-state index >= 15 is 0 Å². The van der Waals surface area contributed by atoms with Gasteiger partial charge in [-0.3, -0.25) is 19.3 Å². The quantitative estimate of drug-likeness (QED) is 0.594. The van der Waals surface area contributed by atoms with Crippen molar-refractivity contribution in [3.63, 3.8) is 0 Å². The largest absolute Gasteiger partial charge is 0.326 e. The Morgan fingerprint density at radius 1 is 1.25 bits per heavy atom. The number of benzene rings is 1. The van der Waals surface area contributed by atoms with Crippen LogP contribution in [-0.4, -0.2) is 42.3 Å². The summed E-state index contributed by atoms with van der Waals surface area (Å²) >= 11 is 0. The lowest BCUT2D eigenvalue weighted by Crippen LogP contribution is -2.98. The highest BCUT2D eigenvalue weighted by Gasteiger charge is 2.74. The third-order valence-corrected chi connectivity index (χ3v) is 5.71. The molecule has 6 heteroatoms. The van der Waals surface area contributed by atoms with Gasteiger partial charge in [0.25, 0.3) is 5.91 Å². The molecule has 2 fully saturated rings. The van der Waals surface area contributed by atoms with Crippen LogP contribution in [-0.2, 0) is 19.9 Å². The minimum atomic E-state index is -1.04. The molecule has 0 aliphatic carbocycles. The number of quaternary nitrogens is 1. The molecule has 2 N–H and O–H groups in total. The van der Waals surface area contributed by atoms with Gasteiger partial charge in [0.2, 0.25) is 17.4 Å². The van der Waals surface area contributed by atoms with Crippen molar-refractivity contribution < 1.29 is 19.7 Å². The van der Waals surface area contributed by atoms with E-state index < -0.39 is 17.4 Å². The molecule has 4 atom stereocenters. The molecule has 0 aromatic heterocycles. The molecule has 4 rings (SSSR count). The summed E-state index contributed by atoms with van der Waals surface area (Å²) in [5.74, 6) is -1.66. The standard InChI is InChI=1S/C18H19N3O3/c1-4-9-21-12-8-6-5-7-11(12)18(17(21)24)14-13(10(2)19-18)15(22)20(3)16(14)23/h4-8,10,13-14,19H,1,9H2,2-3H3/p+1/t10-,13-,14+,18+/m1/s1. The van der Waals surface area contributed by atoms with E-state index in [4.69, 9.17) is 0 Å². The van der Waals surface area contributed by atoms with Crippen molar-refractivity contribution >= 4 is 23.4 Å². The lowest BCUT2D eigenvalue weighted by molar-refractivity contribution is -0.730. The zero-order valence-corrected chi connectivity index (χ0v) is 13.7. The number of fused-ring (bicyclic) bond motifs is 4. The first-order valence-corrected chi connectivity index (χ1v) is 8.15. The Balaban J connectivity index is 1.95. The van der Waals surface area contributed by atoms with Gasteiger partial charge in [0, 0.05) is 19.2 Å². The zero-order chi connectivity index (χ0) is 17.2. The van der Waals surface area contributed by atoms with Gasteiger partial charge in [0.05, 0.1) is 11.7 Å². The summed E-state index contributed by atoms with van der Waals surface area (Å²) in [5.41, 5.74) is 0.593. The van der Waals surface area contributed by atoms with Gasteiger partial charge in [-0.15, -0.1) is 6.58 Å². The fourth-order valence-electron chi connectivity index (χ4n) is 4.74. The molecule has 2 saturated heterocycles. The third-order valence-electron chi connectivity index (χ3n) is 5.71. The van der Waals surface area contributed by atoms with Gasteiger partial charge in [-0.1, -0.05) is 24.3 Å². The molecular weight excluding hydrogens is 306 g/mol. The van der Waals surface area contributed by atoms with E-state index in [1.165, 1.54) is 11.9 Å². The number of hydrogen-bond acceptors (Lipinski definition) is 3. The second-order valence-electron chi connectivity index (χ2n) is 6.86. The third kappa shape index (κ3) is 1.52. The maximum Gasteiger partial charge on any atom is 0.294 e. The van der Waals surface area contributed by atoms with Crippen LogP contribution in [0.3, 0.4) is 0 Å². The van der Waals surface area contributed by atoms with Crippen molar-refractivity contribution in [2.75, 3.05) is 18.5 Å². The normalized spacial score (nSPS) is 34.2. The number of rotatable bonds is 2. The molecule has 0 bridgehead atoms. The number of anilines is 1. The number of carbonyl (C=O) groups excluding carboxylic acids is 3. The second kappa shape index (κ2) is 4.77. The van der Waals surface area contributed by atoms with E-state index in [2.05, 4.69) is 6.58 Å². The number of amides is 3. The molecule has 3 heterocycles. The minimum Gasteiger partial charge on any atom is -0.326 e. The fourth-order valence-corrected chi connectivity index (χ4v) is 4.74. The topological polar surface area (TPSA) is 74.3 Å². The summed E-state index contributed by atoms with van der Waals surface area (Å²) in [6, 6.07) is 7.42. The van der Waals surface area contributed by atoms with Gasteiger partial charge in [-0.2, -0.15) is 0 Å². The van der Waals surface area contributed by atoms with E-state index in [1.807, 2.05) is 36.5 Å². The van der Waals surface area contributed by atoms with E-state index in [9.17, 15) is 14.4 Å². The summed E-state index contributed by atoms with van der Waals surface area (Å²) in [6.45, 7) is 6.04. The van der Waals surface area contributed by atoms with Crippen LogP contribution in [0.5, 0.6) is 0 Å². The monoisotopic (exact) mass is 326 g/mol. The van der Waals surface area contributed by atoms with Crippen LogP contribution in [0.4, 0.5) is 5.69 Å². The molecule has 0 radical (unpaired) electrons. The van der Waals surface area contributed by atoms with E-state index in [1.54, 1.807) is 11.0 Å². The van der Waals surface area contributed by atoms with Crippen molar-refractivity contribution in [2.45, 2.75) is 18.5 Å². The number of likely N-dealkylation sites (tertiary alicyclic amines) is 1.